The fourth-order valence-electron chi connectivity index (χ4n) is 2.04. The van der Waals surface area contributed by atoms with Crippen LogP contribution in [0.15, 0.2) is 48.8 Å². The molecule has 0 fully saturated rings. The molecule has 0 atom stereocenters. The van der Waals surface area contributed by atoms with E-state index in [4.69, 9.17) is 10.5 Å². The van der Waals surface area contributed by atoms with Gasteiger partial charge in [-0.15, -0.1) is 0 Å². The van der Waals surface area contributed by atoms with Gasteiger partial charge in [0, 0.05) is 5.69 Å². The van der Waals surface area contributed by atoms with Crippen molar-refractivity contribution < 1.29 is 4.74 Å². The van der Waals surface area contributed by atoms with Crippen molar-refractivity contribution in [2.45, 2.75) is 13.3 Å². The number of anilines is 1. The largest absolute Gasteiger partial charge is 0.438 e. The summed E-state index contributed by atoms with van der Waals surface area (Å²) in [5, 5.41) is 0.848. The van der Waals surface area contributed by atoms with Gasteiger partial charge in [-0.05, 0) is 42.3 Å². The van der Waals surface area contributed by atoms with Gasteiger partial charge in [-0.3, -0.25) is 0 Å². The number of rotatable bonds is 3. The lowest BCUT2D eigenvalue weighted by Crippen LogP contribution is -1.93. The Labute approximate surface area is 117 Å². The minimum atomic E-state index is 0.541. The Morgan fingerprint density at radius 2 is 1.85 bits per heavy atom. The van der Waals surface area contributed by atoms with E-state index in [0.29, 0.717) is 11.6 Å². The number of nitrogen functional groups attached to an aromatic ring is 1. The van der Waals surface area contributed by atoms with E-state index in [-0.39, 0.29) is 0 Å². The first-order valence-corrected chi connectivity index (χ1v) is 6.53. The summed E-state index contributed by atoms with van der Waals surface area (Å²) < 4.78 is 5.84. The zero-order valence-electron chi connectivity index (χ0n) is 11.2. The first-order valence-electron chi connectivity index (χ1n) is 6.53. The van der Waals surface area contributed by atoms with Crippen molar-refractivity contribution in [1.82, 2.24) is 9.97 Å². The van der Waals surface area contributed by atoms with Gasteiger partial charge in [0.15, 0.2) is 0 Å². The van der Waals surface area contributed by atoms with Crippen LogP contribution in [0.1, 0.15) is 12.5 Å². The third-order valence-electron chi connectivity index (χ3n) is 3.17. The SMILES string of the molecule is CCc1ccc(Oc2ncnc3cc(N)ccc23)cc1. The smallest absolute Gasteiger partial charge is 0.230 e. The normalized spacial score (nSPS) is 10.7. The van der Waals surface area contributed by atoms with Gasteiger partial charge in [0.25, 0.3) is 0 Å². The van der Waals surface area contributed by atoms with Gasteiger partial charge in [-0.25, -0.2) is 9.97 Å². The van der Waals surface area contributed by atoms with Gasteiger partial charge < -0.3 is 10.5 Å². The second kappa shape index (κ2) is 5.17. The molecule has 3 aromatic rings. The lowest BCUT2D eigenvalue weighted by Gasteiger charge is -2.08. The van der Waals surface area contributed by atoms with Crippen LogP contribution in [0.2, 0.25) is 0 Å². The average molecular weight is 265 g/mol. The molecule has 0 aliphatic heterocycles. The Bertz CT molecular complexity index is 738. The number of nitrogens with two attached hydrogens (primary N) is 1. The van der Waals surface area contributed by atoms with Crippen molar-refractivity contribution in [3.05, 3.63) is 54.4 Å². The summed E-state index contributed by atoms with van der Waals surface area (Å²) in [6.45, 7) is 2.12. The maximum atomic E-state index is 5.84. The molecule has 0 amide bonds. The molecular weight excluding hydrogens is 250 g/mol. The highest BCUT2D eigenvalue weighted by Crippen LogP contribution is 2.27. The van der Waals surface area contributed by atoms with Crippen LogP contribution in [0.4, 0.5) is 5.69 Å². The summed E-state index contributed by atoms with van der Waals surface area (Å²) in [6, 6.07) is 13.5. The van der Waals surface area contributed by atoms with Crippen LogP contribution in [-0.2, 0) is 6.42 Å². The first kappa shape index (κ1) is 12.4. The van der Waals surface area contributed by atoms with Crippen molar-refractivity contribution in [3.63, 3.8) is 0 Å². The first-order chi connectivity index (χ1) is 9.76. The number of hydrogen-bond acceptors (Lipinski definition) is 4. The Morgan fingerprint density at radius 1 is 1.05 bits per heavy atom. The third kappa shape index (κ3) is 2.40. The summed E-state index contributed by atoms with van der Waals surface area (Å²) >= 11 is 0. The molecule has 4 heteroatoms. The molecule has 1 heterocycles. The summed E-state index contributed by atoms with van der Waals surface area (Å²) in [7, 11) is 0. The molecule has 0 spiro atoms. The van der Waals surface area contributed by atoms with Crippen molar-refractivity contribution in [1.29, 1.82) is 0 Å². The predicted molar refractivity (Wildman–Crippen MR) is 79.8 cm³/mol. The number of aromatic nitrogens is 2. The molecular formula is C16H15N3O. The zero-order chi connectivity index (χ0) is 13.9. The number of aryl methyl sites for hydroxylation is 1. The summed E-state index contributed by atoms with van der Waals surface area (Å²) in [4.78, 5) is 8.40. The number of hydrogen-bond donors (Lipinski definition) is 1. The molecule has 1 aromatic heterocycles. The lowest BCUT2D eigenvalue weighted by molar-refractivity contribution is 0.468. The van der Waals surface area contributed by atoms with Crippen molar-refractivity contribution in [2.75, 3.05) is 5.73 Å². The molecule has 0 bridgehead atoms. The molecule has 2 N–H and O–H groups in total. The van der Waals surface area contributed by atoms with E-state index in [0.717, 1.165) is 23.1 Å². The second-order valence-corrected chi connectivity index (χ2v) is 4.55. The molecule has 0 aliphatic rings. The van der Waals surface area contributed by atoms with Gasteiger partial charge in [0.2, 0.25) is 5.88 Å². The van der Waals surface area contributed by atoms with E-state index >= 15 is 0 Å². The third-order valence-corrected chi connectivity index (χ3v) is 3.17. The van der Waals surface area contributed by atoms with Crippen LogP contribution >= 0.6 is 0 Å². The van der Waals surface area contributed by atoms with Crippen molar-refractivity contribution in [3.8, 4) is 11.6 Å². The number of ether oxygens (including phenoxy) is 1. The van der Waals surface area contributed by atoms with Crippen LogP contribution in [0.25, 0.3) is 10.9 Å². The summed E-state index contributed by atoms with van der Waals surface area (Å²) in [5.41, 5.74) is 8.49. The Balaban J connectivity index is 1.97. The fourth-order valence-corrected chi connectivity index (χ4v) is 2.04. The molecule has 0 radical (unpaired) electrons. The van der Waals surface area contributed by atoms with Crippen LogP contribution in [0.3, 0.4) is 0 Å². The fraction of sp³-hybridized carbons (Fsp3) is 0.125. The van der Waals surface area contributed by atoms with Gasteiger partial charge in [0.05, 0.1) is 10.9 Å². The highest BCUT2D eigenvalue weighted by atomic mass is 16.5. The quantitative estimate of drug-likeness (QED) is 0.735. The Hall–Kier alpha value is -2.62. The van der Waals surface area contributed by atoms with E-state index < -0.39 is 0 Å². The van der Waals surface area contributed by atoms with Crippen LogP contribution in [0, 0.1) is 0 Å². The van der Waals surface area contributed by atoms with E-state index in [9.17, 15) is 0 Å². The van der Waals surface area contributed by atoms with E-state index in [1.165, 1.54) is 11.9 Å². The van der Waals surface area contributed by atoms with Gasteiger partial charge in [-0.1, -0.05) is 19.1 Å². The van der Waals surface area contributed by atoms with Crippen molar-refractivity contribution >= 4 is 16.6 Å². The number of fused-ring (bicyclic) bond motifs is 1. The molecule has 2 aromatic carbocycles. The van der Waals surface area contributed by atoms with E-state index in [1.807, 2.05) is 30.3 Å². The van der Waals surface area contributed by atoms with Gasteiger partial charge in [-0.2, -0.15) is 0 Å². The van der Waals surface area contributed by atoms with Gasteiger partial charge in [0.1, 0.15) is 12.1 Å². The Morgan fingerprint density at radius 3 is 2.60 bits per heavy atom. The molecule has 0 saturated carbocycles. The molecule has 0 aliphatic carbocycles. The monoisotopic (exact) mass is 265 g/mol. The maximum absolute atomic E-state index is 5.84. The van der Waals surface area contributed by atoms with Crippen molar-refractivity contribution in [2.24, 2.45) is 0 Å². The van der Waals surface area contributed by atoms with Gasteiger partial charge >= 0.3 is 0 Å². The predicted octanol–water partition coefficient (Wildman–Crippen LogP) is 3.57. The molecule has 100 valence electrons. The average Bonchev–Trinajstić information content (AvgIpc) is 2.48. The highest BCUT2D eigenvalue weighted by Gasteiger charge is 2.06. The van der Waals surface area contributed by atoms with E-state index in [1.54, 1.807) is 0 Å². The molecule has 0 unspecified atom stereocenters. The molecule has 3 rings (SSSR count). The number of benzene rings is 2. The van der Waals surface area contributed by atoms with E-state index in [2.05, 4.69) is 29.0 Å². The second-order valence-electron chi connectivity index (χ2n) is 4.55. The Kier molecular flexibility index (Phi) is 3.21. The molecule has 20 heavy (non-hydrogen) atoms. The topological polar surface area (TPSA) is 61.0 Å². The molecule has 4 nitrogen and oxygen atoms in total. The molecule has 0 saturated heterocycles. The van der Waals surface area contributed by atoms with Crippen LogP contribution < -0.4 is 10.5 Å². The number of nitrogens with zero attached hydrogens (tertiary/aromatic N) is 2. The summed E-state index contributed by atoms with van der Waals surface area (Å²) in [6.07, 6.45) is 2.49. The lowest BCUT2D eigenvalue weighted by atomic mass is 10.2. The van der Waals surface area contributed by atoms with Crippen LogP contribution in [0.5, 0.6) is 11.6 Å². The maximum Gasteiger partial charge on any atom is 0.230 e. The van der Waals surface area contributed by atoms with Crippen LogP contribution in [-0.4, -0.2) is 9.97 Å². The zero-order valence-corrected chi connectivity index (χ0v) is 11.2. The minimum absolute atomic E-state index is 0.541. The minimum Gasteiger partial charge on any atom is -0.438 e. The summed E-state index contributed by atoms with van der Waals surface area (Å²) in [5.74, 6) is 1.30. The standard InChI is InChI=1S/C16H15N3O/c1-2-11-3-6-13(7-4-11)20-16-14-8-5-12(17)9-15(14)18-10-19-16/h3-10H,2,17H2,1H3. The highest BCUT2D eigenvalue weighted by molar-refractivity contribution is 5.85.